The summed E-state index contributed by atoms with van der Waals surface area (Å²) in [4.78, 5) is 72.5. The van der Waals surface area contributed by atoms with Crippen molar-refractivity contribution in [3.05, 3.63) is 71.5 Å². The molecule has 49 heavy (non-hydrogen) atoms. The normalized spacial score (nSPS) is 14.5. The number of hydrogen-bond acceptors (Lipinski definition) is 9. The Labute approximate surface area is 284 Å². The zero-order chi connectivity index (χ0) is 36.3. The van der Waals surface area contributed by atoms with Crippen molar-refractivity contribution >= 4 is 40.9 Å². The number of carbonyl (C=O) groups excluding carboxylic acids is 5. The maximum atomic E-state index is 13.6. The van der Waals surface area contributed by atoms with Gasteiger partial charge in [0.2, 0.25) is 23.6 Å². The minimum absolute atomic E-state index is 0.0408. The lowest BCUT2D eigenvalue weighted by Crippen LogP contribution is -2.59. The number of hydrogen-bond donors (Lipinski definition) is 6. The van der Waals surface area contributed by atoms with Crippen LogP contribution in [0.15, 0.2) is 60.2 Å². The number of aliphatic hydroxyl groups excluding tert-OH is 1. The van der Waals surface area contributed by atoms with Gasteiger partial charge in [-0.25, -0.2) is 4.98 Å². The Morgan fingerprint density at radius 2 is 1.55 bits per heavy atom. The van der Waals surface area contributed by atoms with E-state index in [0.717, 1.165) is 5.56 Å². The molecule has 0 bridgehead atoms. The average Bonchev–Trinajstić information content (AvgIpc) is 3.55. The third-order valence-electron chi connectivity index (χ3n) is 7.31. The van der Waals surface area contributed by atoms with Crippen LogP contribution in [-0.2, 0) is 25.6 Å². The number of nitrogens with zero attached hydrogens (tertiary/aromatic N) is 2. The van der Waals surface area contributed by atoms with Crippen LogP contribution in [0.2, 0.25) is 0 Å². The van der Waals surface area contributed by atoms with Crippen LogP contribution in [0.5, 0.6) is 0 Å². The highest BCUT2D eigenvalue weighted by molar-refractivity contribution is 7.13. The predicted octanol–water partition coefficient (Wildman–Crippen LogP) is 1.87. The number of pyridine rings is 1. The fraction of sp³-hybridized carbons (Fsp3) is 0.406. The second-order valence-electron chi connectivity index (χ2n) is 11.6. The Kier molecular flexibility index (Phi) is 13.8. The number of carbonyl (C=O) groups is 5. The van der Waals surface area contributed by atoms with Crippen LogP contribution in [0.25, 0.3) is 10.6 Å². The summed E-state index contributed by atoms with van der Waals surface area (Å²) in [5.74, 6) is -4.64. The number of aromatic nitrogens is 2. The van der Waals surface area contributed by atoms with Crippen LogP contribution in [-0.4, -0.2) is 81.1 Å². The van der Waals surface area contributed by atoms with Crippen LogP contribution in [0.4, 0.5) is 13.2 Å². The van der Waals surface area contributed by atoms with Crippen LogP contribution in [0, 0.1) is 5.92 Å². The van der Waals surface area contributed by atoms with Gasteiger partial charge in [0.1, 0.15) is 28.8 Å². The Hall–Kier alpha value is -4.90. The van der Waals surface area contributed by atoms with Crippen molar-refractivity contribution in [3.63, 3.8) is 0 Å². The lowest BCUT2D eigenvalue weighted by molar-refractivity contribution is -0.212. The first-order valence-corrected chi connectivity index (χ1v) is 16.1. The molecule has 0 spiro atoms. The molecule has 1 aromatic carbocycles. The van der Waals surface area contributed by atoms with Gasteiger partial charge in [0.25, 0.3) is 5.91 Å². The summed E-state index contributed by atoms with van der Waals surface area (Å²) < 4.78 is 39.7. The van der Waals surface area contributed by atoms with Crippen molar-refractivity contribution in [2.24, 2.45) is 11.7 Å². The van der Waals surface area contributed by atoms with Gasteiger partial charge in [0, 0.05) is 36.2 Å². The van der Waals surface area contributed by atoms with Gasteiger partial charge < -0.3 is 32.1 Å². The van der Waals surface area contributed by atoms with E-state index < -0.39 is 84.7 Å². The number of primary amides is 1. The van der Waals surface area contributed by atoms with Crippen molar-refractivity contribution in [1.29, 1.82) is 0 Å². The molecular formula is C32H38F3N7O6S. The number of alkyl halides is 3. The van der Waals surface area contributed by atoms with E-state index in [4.69, 9.17) is 5.73 Å². The van der Waals surface area contributed by atoms with Crippen molar-refractivity contribution in [1.82, 2.24) is 31.2 Å². The van der Waals surface area contributed by atoms with Crippen LogP contribution in [0.3, 0.4) is 0 Å². The molecule has 7 N–H and O–H groups in total. The van der Waals surface area contributed by atoms with Crippen LogP contribution in [0.1, 0.15) is 49.7 Å². The van der Waals surface area contributed by atoms with Gasteiger partial charge in [0.05, 0.1) is 6.04 Å². The zero-order valence-corrected chi connectivity index (χ0v) is 27.7. The molecule has 0 aliphatic rings. The lowest BCUT2D eigenvalue weighted by atomic mass is 10.0. The number of aliphatic hydroxyl groups is 1. The summed E-state index contributed by atoms with van der Waals surface area (Å²) in [6, 6.07) is 6.31. The highest BCUT2D eigenvalue weighted by Gasteiger charge is 2.44. The van der Waals surface area contributed by atoms with Crippen molar-refractivity contribution in [3.8, 4) is 10.6 Å². The number of rotatable bonds is 16. The molecule has 264 valence electrons. The number of amides is 5. The molecule has 13 nitrogen and oxygen atoms in total. The number of benzene rings is 1. The lowest BCUT2D eigenvalue weighted by Gasteiger charge is -2.28. The summed E-state index contributed by atoms with van der Waals surface area (Å²) in [7, 11) is 0. The smallest absolute Gasteiger partial charge is 0.382 e. The third kappa shape index (κ3) is 11.6. The van der Waals surface area contributed by atoms with E-state index in [1.165, 1.54) is 18.3 Å². The van der Waals surface area contributed by atoms with E-state index in [2.05, 4.69) is 25.9 Å². The standard InChI is InChI=1S/C32H38F3N7O6S/c1-17(2)25(42-29(47)23-16-49-31(41-23)20-11-13-37-14-12-20)30(48)40-22(15-19-7-5-4-6-8-19)28(46)38-18(3)27(45)39-21(9-10-24(36)43)26(44)32(33,34)35/h4-8,11-14,16-18,21-22,25-26,44H,9-10,15H2,1-3H3,(H2,36,43)(H,38,46)(H,39,45)(H,40,48)(H,42,47). The monoisotopic (exact) mass is 705 g/mol. The van der Waals surface area contributed by atoms with E-state index in [0.29, 0.717) is 10.6 Å². The molecule has 0 saturated heterocycles. The van der Waals surface area contributed by atoms with E-state index in [1.54, 1.807) is 74.1 Å². The van der Waals surface area contributed by atoms with E-state index in [-0.39, 0.29) is 12.1 Å². The maximum Gasteiger partial charge on any atom is 0.416 e. The Balaban J connectivity index is 1.74. The molecule has 0 fully saturated rings. The largest absolute Gasteiger partial charge is 0.416 e. The second kappa shape index (κ2) is 17.5. The molecule has 17 heteroatoms. The van der Waals surface area contributed by atoms with Gasteiger partial charge in [-0.2, -0.15) is 13.2 Å². The highest BCUT2D eigenvalue weighted by Crippen LogP contribution is 2.25. The number of thiazole rings is 1. The molecule has 0 aliphatic heterocycles. The molecule has 5 atom stereocenters. The first-order chi connectivity index (χ1) is 23.1. The Morgan fingerprint density at radius 3 is 2.14 bits per heavy atom. The minimum atomic E-state index is -5.11. The first-order valence-electron chi connectivity index (χ1n) is 15.2. The fourth-order valence-electron chi connectivity index (χ4n) is 4.60. The molecule has 2 heterocycles. The highest BCUT2D eigenvalue weighted by atomic mass is 32.1. The minimum Gasteiger partial charge on any atom is -0.382 e. The van der Waals surface area contributed by atoms with E-state index in [1.807, 2.05) is 5.32 Å². The number of nitrogens with two attached hydrogens (primary N) is 1. The maximum absolute atomic E-state index is 13.6. The zero-order valence-electron chi connectivity index (χ0n) is 26.9. The molecular weight excluding hydrogens is 667 g/mol. The summed E-state index contributed by atoms with van der Waals surface area (Å²) in [6.45, 7) is 4.58. The second-order valence-corrected chi connectivity index (χ2v) is 12.4. The van der Waals surface area contributed by atoms with Gasteiger partial charge in [0.15, 0.2) is 6.10 Å². The van der Waals surface area contributed by atoms with Gasteiger partial charge in [-0.15, -0.1) is 11.3 Å². The number of halogens is 3. The fourth-order valence-corrected chi connectivity index (χ4v) is 5.40. The SMILES string of the molecule is CC(NC(=O)C(Cc1ccccc1)NC(=O)C(NC(=O)c1csc(-c2ccncc2)n1)C(C)C)C(=O)NC(CCC(N)=O)C(O)C(F)(F)F. The van der Waals surface area contributed by atoms with E-state index in [9.17, 15) is 42.3 Å². The van der Waals surface area contributed by atoms with Gasteiger partial charge in [-0.1, -0.05) is 44.2 Å². The van der Waals surface area contributed by atoms with E-state index >= 15 is 0 Å². The summed E-state index contributed by atoms with van der Waals surface area (Å²) >= 11 is 1.23. The van der Waals surface area contributed by atoms with Gasteiger partial charge in [-0.3, -0.25) is 29.0 Å². The first kappa shape index (κ1) is 38.5. The summed E-state index contributed by atoms with van der Waals surface area (Å²) in [6.07, 6.45) is -6.13. The molecule has 0 saturated carbocycles. The van der Waals surface area contributed by atoms with Gasteiger partial charge in [-0.05, 0) is 37.0 Å². The molecule has 3 rings (SSSR count). The molecule has 2 aromatic heterocycles. The molecule has 5 unspecified atom stereocenters. The predicted molar refractivity (Wildman–Crippen MR) is 174 cm³/mol. The topological polar surface area (TPSA) is 206 Å². The Morgan fingerprint density at radius 1 is 0.898 bits per heavy atom. The molecule has 3 aromatic rings. The third-order valence-corrected chi connectivity index (χ3v) is 8.20. The van der Waals surface area contributed by atoms with Crippen molar-refractivity contribution in [2.45, 2.75) is 76.5 Å². The molecule has 0 aliphatic carbocycles. The van der Waals surface area contributed by atoms with Crippen LogP contribution >= 0.6 is 11.3 Å². The van der Waals surface area contributed by atoms with Crippen molar-refractivity contribution < 1.29 is 42.3 Å². The van der Waals surface area contributed by atoms with Crippen LogP contribution < -0.4 is 27.0 Å². The quantitative estimate of drug-likeness (QED) is 0.129. The Bertz CT molecular complexity index is 1590. The summed E-state index contributed by atoms with van der Waals surface area (Å²) in [5, 5.41) is 21.6. The molecule has 5 amide bonds. The average molecular weight is 706 g/mol. The summed E-state index contributed by atoms with van der Waals surface area (Å²) in [5.41, 5.74) is 6.50. The van der Waals surface area contributed by atoms with Crippen molar-refractivity contribution in [2.75, 3.05) is 0 Å². The van der Waals surface area contributed by atoms with Gasteiger partial charge >= 0.3 is 6.18 Å². The number of nitrogens with one attached hydrogen (secondary N) is 4. The molecule has 0 radical (unpaired) electrons.